The van der Waals surface area contributed by atoms with Crippen LogP contribution in [0.4, 0.5) is 0 Å². The van der Waals surface area contributed by atoms with Crippen molar-refractivity contribution in [1.82, 2.24) is 0 Å². The summed E-state index contributed by atoms with van der Waals surface area (Å²) in [6.45, 7) is 9.01. The van der Waals surface area contributed by atoms with Gasteiger partial charge in [-0.15, -0.1) is 0 Å². The fourth-order valence-electron chi connectivity index (χ4n) is 3.43. The molecule has 164 valence electrons. The largest absolute Gasteiger partial charge is 0.392 e. The van der Waals surface area contributed by atoms with Gasteiger partial charge in [0.05, 0.1) is 0 Å². The zero-order chi connectivity index (χ0) is 20.9. The van der Waals surface area contributed by atoms with Gasteiger partial charge in [0.25, 0.3) is 0 Å². The van der Waals surface area contributed by atoms with E-state index >= 15 is 0 Å². The van der Waals surface area contributed by atoms with Gasteiger partial charge < -0.3 is 9.16 Å². The molecular weight excluding hydrogens is 360 g/mol. The summed E-state index contributed by atoms with van der Waals surface area (Å²) in [4.78, 5) is 0. The molecule has 0 saturated carbocycles. The maximum atomic E-state index is 6.45. The van der Waals surface area contributed by atoms with Crippen molar-refractivity contribution in [2.45, 2.75) is 116 Å². The SMILES string of the molecule is CC/C=C\C/C=C\C/C=C\CCCCCCCC(OC)O[Si](CC)(CC)CC. The van der Waals surface area contributed by atoms with Crippen molar-refractivity contribution in [2.24, 2.45) is 0 Å². The summed E-state index contributed by atoms with van der Waals surface area (Å²) in [6, 6.07) is 3.58. The van der Waals surface area contributed by atoms with Gasteiger partial charge in [-0.1, -0.05) is 83.4 Å². The first-order valence-corrected chi connectivity index (χ1v) is 14.4. The highest BCUT2D eigenvalue weighted by molar-refractivity contribution is 6.73. The van der Waals surface area contributed by atoms with Crippen LogP contribution < -0.4 is 0 Å². The quantitative estimate of drug-likeness (QED) is 0.0922. The van der Waals surface area contributed by atoms with E-state index < -0.39 is 8.32 Å². The third-order valence-corrected chi connectivity index (χ3v) is 10.3. The van der Waals surface area contributed by atoms with Crippen LogP contribution >= 0.6 is 0 Å². The Hall–Kier alpha value is -0.643. The van der Waals surface area contributed by atoms with Gasteiger partial charge in [0.15, 0.2) is 8.32 Å². The monoisotopic (exact) mass is 408 g/mol. The van der Waals surface area contributed by atoms with Crippen LogP contribution in [0.1, 0.15) is 91.9 Å². The van der Waals surface area contributed by atoms with E-state index in [0.717, 1.165) is 25.7 Å². The molecule has 0 aliphatic rings. The van der Waals surface area contributed by atoms with E-state index in [2.05, 4.69) is 64.2 Å². The summed E-state index contributed by atoms with van der Waals surface area (Å²) >= 11 is 0. The smallest absolute Gasteiger partial charge is 0.195 e. The van der Waals surface area contributed by atoms with Crippen LogP contribution in [0.5, 0.6) is 0 Å². The van der Waals surface area contributed by atoms with Crippen LogP contribution in [-0.2, 0) is 9.16 Å². The standard InChI is InChI=1S/C25H48O2Si/c1-6-10-11-12-13-14-15-16-17-18-19-20-21-22-23-24-25(26-5)27-28(7-2,8-3)9-4/h10-11,13-14,16-17,25H,6-9,12,15,18-24H2,1-5H3/b11-10-,14-13-,17-16-. The molecule has 0 bridgehead atoms. The van der Waals surface area contributed by atoms with Gasteiger partial charge in [-0.25, -0.2) is 0 Å². The van der Waals surface area contributed by atoms with Crippen LogP contribution in [0.15, 0.2) is 36.5 Å². The molecule has 28 heavy (non-hydrogen) atoms. The zero-order valence-electron chi connectivity index (χ0n) is 19.6. The van der Waals surface area contributed by atoms with E-state index in [9.17, 15) is 0 Å². The predicted octanol–water partition coefficient (Wildman–Crippen LogP) is 8.57. The zero-order valence-corrected chi connectivity index (χ0v) is 20.6. The number of rotatable bonds is 19. The summed E-state index contributed by atoms with van der Waals surface area (Å²) in [5, 5.41) is 0. The van der Waals surface area contributed by atoms with Crippen LogP contribution in [0, 0.1) is 0 Å². The van der Waals surface area contributed by atoms with Gasteiger partial charge in [0, 0.05) is 7.11 Å². The lowest BCUT2D eigenvalue weighted by atomic mass is 10.1. The lowest BCUT2D eigenvalue weighted by Gasteiger charge is -2.32. The van der Waals surface area contributed by atoms with E-state index in [0.29, 0.717) is 0 Å². The average molecular weight is 409 g/mol. The fraction of sp³-hybridized carbons (Fsp3) is 0.760. The first kappa shape index (κ1) is 27.4. The number of hydrogen-bond acceptors (Lipinski definition) is 2. The highest BCUT2D eigenvalue weighted by Gasteiger charge is 2.31. The summed E-state index contributed by atoms with van der Waals surface area (Å²) in [5.74, 6) is 0. The molecule has 0 aromatic carbocycles. The van der Waals surface area contributed by atoms with Crippen molar-refractivity contribution in [1.29, 1.82) is 0 Å². The molecule has 1 atom stereocenters. The van der Waals surface area contributed by atoms with Gasteiger partial charge in [-0.05, 0) is 63.1 Å². The van der Waals surface area contributed by atoms with Crippen molar-refractivity contribution in [2.75, 3.05) is 7.11 Å². The maximum Gasteiger partial charge on any atom is 0.195 e. The molecule has 0 aromatic heterocycles. The first-order chi connectivity index (χ1) is 13.7. The second-order valence-electron chi connectivity index (χ2n) is 7.67. The highest BCUT2D eigenvalue weighted by atomic mass is 28.4. The predicted molar refractivity (Wildman–Crippen MR) is 128 cm³/mol. The Kier molecular flexibility index (Phi) is 19.2. The number of methoxy groups -OCH3 is 1. The van der Waals surface area contributed by atoms with Gasteiger partial charge >= 0.3 is 0 Å². The Morgan fingerprint density at radius 2 is 1.21 bits per heavy atom. The summed E-state index contributed by atoms with van der Waals surface area (Å²) < 4.78 is 12.1. The average Bonchev–Trinajstić information content (AvgIpc) is 2.73. The molecule has 0 amide bonds. The maximum absolute atomic E-state index is 6.45. The molecule has 0 N–H and O–H groups in total. The van der Waals surface area contributed by atoms with Gasteiger partial charge in [-0.3, -0.25) is 0 Å². The lowest BCUT2D eigenvalue weighted by Crippen LogP contribution is -2.40. The minimum absolute atomic E-state index is 0.0139. The number of hydrogen-bond donors (Lipinski definition) is 0. The Labute approximate surface area is 177 Å². The van der Waals surface area contributed by atoms with Crippen molar-refractivity contribution in [3.8, 4) is 0 Å². The number of unbranched alkanes of at least 4 members (excludes halogenated alkanes) is 5. The summed E-state index contributed by atoms with van der Waals surface area (Å²) in [5.41, 5.74) is 0. The minimum atomic E-state index is -1.55. The Morgan fingerprint density at radius 1 is 0.679 bits per heavy atom. The molecule has 3 heteroatoms. The van der Waals surface area contributed by atoms with Crippen molar-refractivity contribution >= 4 is 8.32 Å². The number of allylic oxidation sites excluding steroid dienone is 6. The van der Waals surface area contributed by atoms with Crippen molar-refractivity contribution in [3.05, 3.63) is 36.5 Å². The molecular formula is C25H48O2Si. The molecule has 0 radical (unpaired) electrons. The second-order valence-corrected chi connectivity index (χ2v) is 12.4. The van der Waals surface area contributed by atoms with Crippen molar-refractivity contribution in [3.63, 3.8) is 0 Å². The topological polar surface area (TPSA) is 18.5 Å². The van der Waals surface area contributed by atoms with E-state index in [4.69, 9.17) is 9.16 Å². The molecule has 0 aromatic rings. The summed E-state index contributed by atoms with van der Waals surface area (Å²) in [6.07, 6.45) is 25.6. The van der Waals surface area contributed by atoms with Gasteiger partial charge in [-0.2, -0.15) is 0 Å². The fourth-order valence-corrected chi connectivity index (χ4v) is 6.21. The van der Waals surface area contributed by atoms with E-state index in [1.165, 1.54) is 56.7 Å². The van der Waals surface area contributed by atoms with Crippen LogP contribution in [0.3, 0.4) is 0 Å². The molecule has 0 fully saturated rings. The third-order valence-electron chi connectivity index (χ3n) is 5.67. The molecule has 0 rings (SSSR count). The molecule has 0 aliphatic carbocycles. The molecule has 0 spiro atoms. The first-order valence-electron chi connectivity index (χ1n) is 11.8. The van der Waals surface area contributed by atoms with E-state index in [-0.39, 0.29) is 6.29 Å². The Bertz CT molecular complexity index is 403. The molecule has 0 heterocycles. The minimum Gasteiger partial charge on any atom is -0.392 e. The lowest BCUT2D eigenvalue weighted by molar-refractivity contribution is -0.0674. The Morgan fingerprint density at radius 3 is 1.79 bits per heavy atom. The Balaban J connectivity index is 3.69. The highest BCUT2D eigenvalue weighted by Crippen LogP contribution is 2.25. The number of ether oxygens (including phenoxy) is 1. The van der Waals surface area contributed by atoms with Crippen molar-refractivity contribution < 1.29 is 9.16 Å². The van der Waals surface area contributed by atoms with E-state index in [1.807, 2.05) is 0 Å². The van der Waals surface area contributed by atoms with Crippen LogP contribution in [-0.4, -0.2) is 21.7 Å². The normalized spacial score (nSPS) is 14.0. The molecule has 0 saturated heterocycles. The van der Waals surface area contributed by atoms with E-state index in [1.54, 1.807) is 7.11 Å². The van der Waals surface area contributed by atoms with Crippen LogP contribution in [0.25, 0.3) is 0 Å². The van der Waals surface area contributed by atoms with Gasteiger partial charge in [0.2, 0.25) is 0 Å². The van der Waals surface area contributed by atoms with Gasteiger partial charge in [0.1, 0.15) is 6.29 Å². The molecule has 1 unspecified atom stereocenters. The summed E-state index contributed by atoms with van der Waals surface area (Å²) in [7, 11) is 0.249. The van der Waals surface area contributed by atoms with Crippen LogP contribution in [0.2, 0.25) is 18.1 Å². The third kappa shape index (κ3) is 14.4. The molecule has 2 nitrogen and oxygen atoms in total. The molecule has 0 aliphatic heterocycles. The second kappa shape index (κ2) is 19.7.